The summed E-state index contributed by atoms with van der Waals surface area (Å²) in [6, 6.07) is 0. The number of nitrogens with zero attached hydrogens (tertiary/aromatic N) is 2. The molecule has 2 rings (SSSR count). The van der Waals surface area contributed by atoms with Crippen LogP contribution in [0.4, 0.5) is 0 Å². The molecule has 1 N–H and O–H groups in total. The minimum atomic E-state index is -0.361. The van der Waals surface area contributed by atoms with Crippen LogP contribution in [0.3, 0.4) is 0 Å². The number of aromatic nitrogens is 1. The predicted octanol–water partition coefficient (Wildman–Crippen LogP) is 0.852. The van der Waals surface area contributed by atoms with Gasteiger partial charge >= 0.3 is 0 Å². The van der Waals surface area contributed by atoms with Crippen LogP contribution in [0.2, 0.25) is 0 Å². The van der Waals surface area contributed by atoms with Gasteiger partial charge in [0, 0.05) is 13.1 Å². The first-order valence-corrected chi connectivity index (χ1v) is 6.90. The molecule has 0 aliphatic carbocycles. The van der Waals surface area contributed by atoms with Gasteiger partial charge in [0.1, 0.15) is 6.10 Å². The Morgan fingerprint density at radius 3 is 3.29 bits per heavy atom. The molecule has 0 spiro atoms. The van der Waals surface area contributed by atoms with Gasteiger partial charge in [0.2, 0.25) is 0 Å². The molecule has 1 aliphatic rings. The summed E-state index contributed by atoms with van der Waals surface area (Å²) in [6.07, 6.45) is 1.37. The van der Waals surface area contributed by atoms with Gasteiger partial charge in [-0.15, -0.1) is 0 Å². The summed E-state index contributed by atoms with van der Waals surface area (Å²) < 4.78 is 10.4. The fraction of sp³-hybridized carbons (Fsp3) is 0.600. The lowest BCUT2D eigenvalue weighted by Crippen LogP contribution is -2.48. The summed E-state index contributed by atoms with van der Waals surface area (Å²) >= 11 is 4.76. The van der Waals surface area contributed by atoms with Crippen molar-refractivity contribution in [1.29, 1.82) is 0 Å². The molecule has 5 nitrogen and oxygen atoms in total. The third kappa shape index (κ3) is 3.48. The average Bonchev–Trinajstić information content (AvgIpc) is 2.72. The molecule has 1 aromatic heterocycles. The van der Waals surface area contributed by atoms with E-state index < -0.39 is 0 Å². The number of carbonyl (C=O) groups is 1. The molecule has 0 aromatic carbocycles. The summed E-state index contributed by atoms with van der Waals surface area (Å²) in [5.74, 6) is -0.0585. The van der Waals surface area contributed by atoms with Gasteiger partial charge in [-0.25, -0.2) is 0 Å². The van der Waals surface area contributed by atoms with E-state index in [4.69, 9.17) is 4.74 Å². The van der Waals surface area contributed by atoms with Crippen LogP contribution in [0.1, 0.15) is 4.88 Å². The third-order valence-electron chi connectivity index (χ3n) is 2.58. The van der Waals surface area contributed by atoms with Crippen molar-refractivity contribution in [3.63, 3.8) is 0 Å². The Kier molecular flexibility index (Phi) is 4.49. The first-order valence-electron chi connectivity index (χ1n) is 5.33. The van der Waals surface area contributed by atoms with E-state index in [9.17, 15) is 4.79 Å². The lowest BCUT2D eigenvalue weighted by atomic mass is 10.2. The number of morpholine rings is 1. The molecule has 1 aliphatic heterocycles. The quantitative estimate of drug-likeness (QED) is 0.897. The molecule has 1 amide bonds. The smallest absolute Gasteiger partial charge is 0.250 e. The maximum absolute atomic E-state index is 11.9. The van der Waals surface area contributed by atoms with Crippen molar-refractivity contribution in [1.82, 2.24) is 14.6 Å². The molecule has 0 bridgehead atoms. The summed E-state index contributed by atoms with van der Waals surface area (Å²) in [4.78, 5) is 15.0. The lowest BCUT2D eigenvalue weighted by Gasteiger charge is -2.29. The lowest BCUT2D eigenvalue weighted by molar-refractivity contribution is -0.137. The molecule has 7 heteroatoms. The van der Waals surface area contributed by atoms with Gasteiger partial charge in [0.15, 0.2) is 0 Å². The predicted molar refractivity (Wildman–Crippen MR) is 68.9 cm³/mol. The third-order valence-corrected chi connectivity index (χ3v) is 4.32. The Labute approximate surface area is 112 Å². The summed E-state index contributed by atoms with van der Waals surface area (Å²) in [6.45, 7) is 2.63. The van der Waals surface area contributed by atoms with Gasteiger partial charge in [-0.05, 0) is 34.5 Å². The van der Waals surface area contributed by atoms with Crippen LogP contribution in [-0.4, -0.2) is 48.0 Å². The van der Waals surface area contributed by atoms with Gasteiger partial charge in [-0.1, -0.05) is 0 Å². The Morgan fingerprint density at radius 2 is 2.65 bits per heavy atom. The maximum Gasteiger partial charge on any atom is 0.250 e. The zero-order valence-corrected chi connectivity index (χ0v) is 11.9. The highest BCUT2D eigenvalue weighted by Crippen LogP contribution is 2.19. The highest BCUT2D eigenvalue weighted by atomic mass is 79.9. The second kappa shape index (κ2) is 5.90. The molecule has 1 unspecified atom stereocenters. The molecule has 94 valence electrons. The maximum atomic E-state index is 11.9. The van der Waals surface area contributed by atoms with E-state index in [0.29, 0.717) is 19.7 Å². The van der Waals surface area contributed by atoms with Crippen LogP contribution in [0.5, 0.6) is 0 Å². The standard InChI is InChI=1S/C10H14BrN3O2S/c1-14-2-3-16-8(6-14)10(15)12-5-9-7(11)4-13-17-9/h4,8H,2-3,5-6H2,1H3,(H,12,15). The van der Waals surface area contributed by atoms with E-state index in [0.717, 1.165) is 15.9 Å². The molecule has 0 saturated carbocycles. The number of hydrogen-bond acceptors (Lipinski definition) is 5. The second-order valence-electron chi connectivity index (χ2n) is 3.94. The number of nitrogens with one attached hydrogen (secondary N) is 1. The van der Waals surface area contributed by atoms with E-state index in [1.165, 1.54) is 11.5 Å². The molecule has 2 heterocycles. The van der Waals surface area contributed by atoms with E-state index >= 15 is 0 Å². The van der Waals surface area contributed by atoms with Crippen molar-refractivity contribution < 1.29 is 9.53 Å². The van der Waals surface area contributed by atoms with Crippen molar-refractivity contribution in [3.8, 4) is 0 Å². The van der Waals surface area contributed by atoms with Crippen molar-refractivity contribution in [2.24, 2.45) is 0 Å². The Hall–Kier alpha value is -0.500. The number of halogens is 1. The number of carbonyl (C=O) groups excluding carboxylic acids is 1. The minimum absolute atomic E-state index is 0.0585. The van der Waals surface area contributed by atoms with Gasteiger partial charge < -0.3 is 15.0 Å². The van der Waals surface area contributed by atoms with Crippen molar-refractivity contribution in [2.45, 2.75) is 12.6 Å². The summed E-state index contributed by atoms with van der Waals surface area (Å²) in [5.41, 5.74) is 0. The van der Waals surface area contributed by atoms with Crippen molar-refractivity contribution in [3.05, 3.63) is 15.5 Å². The topological polar surface area (TPSA) is 54.5 Å². The normalized spacial score (nSPS) is 21.4. The molecule has 1 atom stereocenters. The van der Waals surface area contributed by atoms with Crippen molar-refractivity contribution >= 4 is 33.4 Å². The van der Waals surface area contributed by atoms with E-state index in [1.54, 1.807) is 6.20 Å². The first kappa shape index (κ1) is 12.9. The van der Waals surface area contributed by atoms with E-state index in [1.807, 2.05) is 7.05 Å². The Balaban J connectivity index is 1.83. The molecule has 17 heavy (non-hydrogen) atoms. The molecule has 1 aromatic rings. The molecular formula is C10H14BrN3O2S. The largest absolute Gasteiger partial charge is 0.366 e. The number of ether oxygens (including phenoxy) is 1. The number of likely N-dealkylation sites (N-methyl/N-ethyl adjacent to an activating group) is 1. The zero-order chi connectivity index (χ0) is 12.3. The molecule has 0 radical (unpaired) electrons. The van der Waals surface area contributed by atoms with Gasteiger partial charge in [-0.2, -0.15) is 4.37 Å². The van der Waals surface area contributed by atoms with Gasteiger partial charge in [0.25, 0.3) is 5.91 Å². The molecular weight excluding hydrogens is 306 g/mol. The van der Waals surface area contributed by atoms with Crippen LogP contribution in [0, 0.1) is 0 Å². The minimum Gasteiger partial charge on any atom is -0.366 e. The van der Waals surface area contributed by atoms with Gasteiger partial charge in [-0.3, -0.25) is 4.79 Å². The van der Waals surface area contributed by atoms with Crippen LogP contribution < -0.4 is 5.32 Å². The Morgan fingerprint density at radius 1 is 1.82 bits per heavy atom. The average molecular weight is 320 g/mol. The van der Waals surface area contributed by atoms with Crippen LogP contribution >= 0.6 is 27.5 Å². The highest BCUT2D eigenvalue weighted by Gasteiger charge is 2.24. The van der Waals surface area contributed by atoms with E-state index in [-0.39, 0.29) is 12.0 Å². The number of hydrogen-bond donors (Lipinski definition) is 1. The molecule has 1 fully saturated rings. The summed E-state index contributed by atoms with van der Waals surface area (Å²) in [5, 5.41) is 2.87. The Bertz CT molecular complexity index is 399. The zero-order valence-electron chi connectivity index (χ0n) is 9.48. The second-order valence-corrected chi connectivity index (χ2v) is 5.68. The van der Waals surface area contributed by atoms with Gasteiger partial charge in [0.05, 0.1) is 28.7 Å². The number of rotatable bonds is 3. The van der Waals surface area contributed by atoms with Crippen molar-refractivity contribution in [2.75, 3.05) is 26.7 Å². The SMILES string of the molecule is CN1CCOC(C(=O)NCc2sncc2Br)C1. The first-order chi connectivity index (χ1) is 8.16. The van der Waals surface area contributed by atoms with Crippen LogP contribution in [0.25, 0.3) is 0 Å². The fourth-order valence-electron chi connectivity index (χ4n) is 1.59. The highest BCUT2D eigenvalue weighted by molar-refractivity contribution is 9.10. The molecule has 1 saturated heterocycles. The fourth-order valence-corrected chi connectivity index (χ4v) is 2.74. The summed E-state index contributed by atoms with van der Waals surface area (Å²) in [7, 11) is 1.99. The monoisotopic (exact) mass is 319 g/mol. The number of amides is 1. The van der Waals surface area contributed by atoms with E-state index in [2.05, 4.69) is 30.5 Å². The van der Waals surface area contributed by atoms with Crippen LogP contribution in [0.15, 0.2) is 10.7 Å². The van der Waals surface area contributed by atoms with Crippen LogP contribution in [-0.2, 0) is 16.1 Å².